The predicted molar refractivity (Wildman–Crippen MR) is 83.6 cm³/mol. The van der Waals surface area contributed by atoms with Crippen LogP contribution in [0.25, 0.3) is 0 Å². The molecule has 2 nitrogen and oxygen atoms in total. The molecule has 0 saturated heterocycles. The van der Waals surface area contributed by atoms with Gasteiger partial charge in [-0.2, -0.15) is 0 Å². The Morgan fingerprint density at radius 1 is 1.26 bits per heavy atom. The summed E-state index contributed by atoms with van der Waals surface area (Å²) in [5, 5.41) is 5.85. The lowest BCUT2D eigenvalue weighted by atomic mass is 10.1. The van der Waals surface area contributed by atoms with Crippen LogP contribution < -0.4 is 5.32 Å². The van der Waals surface area contributed by atoms with Gasteiger partial charge in [0.15, 0.2) is 0 Å². The Hall–Kier alpha value is -0.320. The van der Waals surface area contributed by atoms with Crippen LogP contribution in [0, 0.1) is 6.92 Å². The van der Waals surface area contributed by atoms with Crippen molar-refractivity contribution in [3.05, 3.63) is 48.8 Å². The van der Waals surface area contributed by atoms with Crippen LogP contribution >= 0.6 is 46.1 Å². The molecule has 1 aromatic carbocycles. The van der Waals surface area contributed by atoms with Crippen molar-refractivity contribution in [2.45, 2.75) is 26.4 Å². The van der Waals surface area contributed by atoms with E-state index in [0.29, 0.717) is 15.1 Å². The first kappa shape index (κ1) is 15.1. The van der Waals surface area contributed by atoms with Crippen LogP contribution in [0.2, 0.25) is 15.1 Å². The lowest BCUT2D eigenvalue weighted by molar-refractivity contribution is 0.578. The van der Waals surface area contributed by atoms with E-state index in [1.165, 1.54) is 4.88 Å². The van der Waals surface area contributed by atoms with Crippen molar-refractivity contribution in [1.29, 1.82) is 0 Å². The van der Waals surface area contributed by atoms with Crippen molar-refractivity contribution in [3.63, 3.8) is 0 Å². The topological polar surface area (TPSA) is 24.9 Å². The summed E-state index contributed by atoms with van der Waals surface area (Å²) in [5.41, 5.74) is 0.942. The Morgan fingerprint density at radius 3 is 2.63 bits per heavy atom. The molecule has 1 unspecified atom stereocenters. The molecule has 0 spiro atoms. The summed E-state index contributed by atoms with van der Waals surface area (Å²) in [4.78, 5) is 5.42. The molecule has 0 amide bonds. The van der Waals surface area contributed by atoms with Gasteiger partial charge < -0.3 is 5.32 Å². The highest BCUT2D eigenvalue weighted by Crippen LogP contribution is 2.35. The monoisotopic (exact) mass is 334 g/mol. The van der Waals surface area contributed by atoms with Crippen LogP contribution in [0.5, 0.6) is 0 Å². The summed E-state index contributed by atoms with van der Waals surface area (Å²) in [6.45, 7) is 4.79. The van der Waals surface area contributed by atoms with E-state index in [2.05, 4.69) is 10.3 Å². The zero-order valence-electron chi connectivity index (χ0n) is 10.5. The Kier molecular flexibility index (Phi) is 5.09. The minimum absolute atomic E-state index is 0.0877. The number of aromatic nitrogens is 1. The molecule has 2 rings (SSSR count). The second-order valence-corrected chi connectivity index (χ2v) is 6.70. The normalized spacial score (nSPS) is 12.7. The van der Waals surface area contributed by atoms with Crippen molar-refractivity contribution in [3.8, 4) is 0 Å². The molecular weight excluding hydrogens is 323 g/mol. The first-order valence-corrected chi connectivity index (χ1v) is 7.72. The first-order chi connectivity index (χ1) is 8.99. The molecule has 6 heteroatoms. The summed E-state index contributed by atoms with van der Waals surface area (Å²) in [5.74, 6) is 0. The average molecular weight is 336 g/mol. The molecule has 0 radical (unpaired) electrons. The fourth-order valence-electron chi connectivity index (χ4n) is 1.73. The predicted octanol–water partition coefficient (Wildman–Crippen LogP) is 5.26. The van der Waals surface area contributed by atoms with Gasteiger partial charge in [-0.25, -0.2) is 4.98 Å². The van der Waals surface area contributed by atoms with Crippen molar-refractivity contribution >= 4 is 46.1 Å². The van der Waals surface area contributed by atoms with Crippen molar-refractivity contribution in [2.24, 2.45) is 0 Å². The third-order valence-corrected chi connectivity index (χ3v) is 5.00. The highest BCUT2D eigenvalue weighted by atomic mass is 35.5. The number of thiazole rings is 1. The van der Waals surface area contributed by atoms with E-state index in [0.717, 1.165) is 17.1 Å². The van der Waals surface area contributed by atoms with E-state index in [9.17, 15) is 0 Å². The largest absolute Gasteiger partial charge is 0.305 e. The standard InChI is InChI=1S/C13H13Cl3N2S/c1-7(17-5-9-6-18-8(2)19-9)10-3-4-11(14)13(16)12(10)15/h3-4,6-7,17H,5H2,1-2H3. The Balaban J connectivity index is 2.08. The molecule has 0 aliphatic carbocycles. The Morgan fingerprint density at radius 2 is 2.00 bits per heavy atom. The van der Waals surface area contributed by atoms with Crippen LogP contribution in [-0.2, 0) is 6.54 Å². The maximum absolute atomic E-state index is 6.21. The number of hydrogen-bond acceptors (Lipinski definition) is 3. The summed E-state index contributed by atoms with van der Waals surface area (Å²) in [6.07, 6.45) is 1.89. The smallest absolute Gasteiger partial charge is 0.0897 e. The molecule has 1 heterocycles. The summed E-state index contributed by atoms with van der Waals surface area (Å²) >= 11 is 19.9. The number of aryl methyl sites for hydroxylation is 1. The number of benzene rings is 1. The van der Waals surface area contributed by atoms with Gasteiger partial charge in [0.05, 0.1) is 20.1 Å². The van der Waals surface area contributed by atoms with Crippen LogP contribution in [-0.4, -0.2) is 4.98 Å². The van der Waals surface area contributed by atoms with Gasteiger partial charge in [0, 0.05) is 23.7 Å². The average Bonchev–Trinajstić information content (AvgIpc) is 2.79. The van der Waals surface area contributed by atoms with Gasteiger partial charge in [0.1, 0.15) is 0 Å². The maximum atomic E-state index is 6.21. The lowest BCUT2D eigenvalue weighted by Gasteiger charge is -2.16. The third-order valence-electron chi connectivity index (χ3n) is 2.78. The van der Waals surface area contributed by atoms with Gasteiger partial charge in [-0.05, 0) is 25.5 Å². The SMILES string of the molecule is Cc1ncc(CNC(C)c2ccc(Cl)c(Cl)c2Cl)s1. The van der Waals surface area contributed by atoms with Crippen LogP contribution in [0.4, 0.5) is 0 Å². The molecule has 0 bridgehead atoms. The van der Waals surface area contributed by atoms with E-state index in [1.54, 1.807) is 17.4 Å². The molecule has 0 saturated carbocycles. The molecule has 102 valence electrons. The highest BCUT2D eigenvalue weighted by molar-refractivity contribution is 7.11. The van der Waals surface area contributed by atoms with Gasteiger partial charge in [-0.15, -0.1) is 11.3 Å². The van der Waals surface area contributed by atoms with Gasteiger partial charge in [0.25, 0.3) is 0 Å². The zero-order valence-corrected chi connectivity index (χ0v) is 13.6. The van der Waals surface area contributed by atoms with Crippen molar-refractivity contribution in [2.75, 3.05) is 0 Å². The van der Waals surface area contributed by atoms with Crippen LogP contribution in [0.15, 0.2) is 18.3 Å². The highest BCUT2D eigenvalue weighted by Gasteiger charge is 2.14. The molecule has 0 aliphatic rings. The maximum Gasteiger partial charge on any atom is 0.0897 e. The van der Waals surface area contributed by atoms with Gasteiger partial charge in [-0.1, -0.05) is 40.9 Å². The zero-order chi connectivity index (χ0) is 14.0. The van der Waals surface area contributed by atoms with Crippen molar-refractivity contribution < 1.29 is 0 Å². The molecular formula is C13H13Cl3N2S. The Labute approximate surface area is 131 Å². The number of halogens is 3. The van der Waals surface area contributed by atoms with Gasteiger partial charge in [0.2, 0.25) is 0 Å². The summed E-state index contributed by atoms with van der Waals surface area (Å²) in [6, 6.07) is 3.75. The van der Waals surface area contributed by atoms with Gasteiger partial charge >= 0.3 is 0 Å². The van der Waals surface area contributed by atoms with E-state index < -0.39 is 0 Å². The number of nitrogens with one attached hydrogen (secondary N) is 1. The minimum Gasteiger partial charge on any atom is -0.305 e. The van der Waals surface area contributed by atoms with E-state index in [1.807, 2.05) is 26.1 Å². The number of nitrogens with zero attached hydrogens (tertiary/aromatic N) is 1. The quantitative estimate of drug-likeness (QED) is 0.771. The molecule has 2 aromatic rings. The molecule has 19 heavy (non-hydrogen) atoms. The third kappa shape index (κ3) is 3.61. The lowest BCUT2D eigenvalue weighted by Crippen LogP contribution is -2.17. The minimum atomic E-state index is 0.0877. The molecule has 1 N–H and O–H groups in total. The molecule has 1 aromatic heterocycles. The van der Waals surface area contributed by atoms with Crippen molar-refractivity contribution in [1.82, 2.24) is 10.3 Å². The van der Waals surface area contributed by atoms with E-state index in [4.69, 9.17) is 34.8 Å². The second kappa shape index (κ2) is 6.42. The molecule has 0 aliphatic heterocycles. The van der Waals surface area contributed by atoms with E-state index >= 15 is 0 Å². The molecule has 0 fully saturated rings. The van der Waals surface area contributed by atoms with E-state index in [-0.39, 0.29) is 6.04 Å². The van der Waals surface area contributed by atoms with Gasteiger partial charge in [-0.3, -0.25) is 0 Å². The van der Waals surface area contributed by atoms with Crippen LogP contribution in [0.3, 0.4) is 0 Å². The summed E-state index contributed by atoms with van der Waals surface area (Å²) < 4.78 is 0. The fraction of sp³-hybridized carbons (Fsp3) is 0.308. The second-order valence-electron chi connectivity index (χ2n) is 4.21. The Bertz CT molecular complexity index is 583. The first-order valence-electron chi connectivity index (χ1n) is 5.77. The summed E-state index contributed by atoms with van der Waals surface area (Å²) in [7, 11) is 0. The fourth-order valence-corrected chi connectivity index (χ4v) is 3.18. The number of rotatable bonds is 4. The van der Waals surface area contributed by atoms with Crippen LogP contribution in [0.1, 0.15) is 28.4 Å². The number of hydrogen-bond donors (Lipinski definition) is 1. The molecule has 1 atom stereocenters.